The number of thioether (sulfide) groups is 1. The number of hydrogen-bond donors (Lipinski definition) is 2. The topological polar surface area (TPSA) is 86.7 Å². The van der Waals surface area contributed by atoms with Crippen molar-refractivity contribution in [3.8, 4) is 0 Å². The Labute approximate surface area is 157 Å². The average Bonchev–Trinajstić information content (AvgIpc) is 2.80. The van der Waals surface area contributed by atoms with Gasteiger partial charge in [0.25, 0.3) is 0 Å². The largest absolute Gasteiger partial charge is 0.480 e. The SMILES string of the molecule is O=C(CCc1ccccc1)N[C@H]1CCSC2CCC[C@@H](C(=O)O)N2C1=O. The lowest BCUT2D eigenvalue weighted by Gasteiger charge is -2.39. The smallest absolute Gasteiger partial charge is 0.326 e. The van der Waals surface area contributed by atoms with E-state index in [0.717, 1.165) is 24.2 Å². The van der Waals surface area contributed by atoms with Gasteiger partial charge in [0.2, 0.25) is 11.8 Å². The number of nitrogens with zero attached hydrogens (tertiary/aromatic N) is 1. The monoisotopic (exact) mass is 376 g/mol. The molecule has 2 fully saturated rings. The summed E-state index contributed by atoms with van der Waals surface area (Å²) in [6.07, 6.45) is 3.58. The number of amides is 2. The minimum Gasteiger partial charge on any atom is -0.480 e. The number of nitrogens with one attached hydrogen (secondary N) is 1. The average molecular weight is 376 g/mol. The molecule has 6 nitrogen and oxygen atoms in total. The van der Waals surface area contributed by atoms with Gasteiger partial charge in [0, 0.05) is 6.42 Å². The van der Waals surface area contributed by atoms with Crippen molar-refractivity contribution in [2.24, 2.45) is 0 Å². The molecule has 0 spiro atoms. The number of piperidine rings is 1. The van der Waals surface area contributed by atoms with E-state index in [2.05, 4.69) is 5.32 Å². The molecule has 1 unspecified atom stereocenters. The molecule has 2 amide bonds. The van der Waals surface area contributed by atoms with Crippen molar-refractivity contribution >= 4 is 29.5 Å². The molecule has 0 radical (unpaired) electrons. The van der Waals surface area contributed by atoms with Crippen LogP contribution in [0.1, 0.15) is 37.7 Å². The van der Waals surface area contributed by atoms with Crippen molar-refractivity contribution in [1.29, 1.82) is 0 Å². The third-order valence-electron chi connectivity index (χ3n) is 4.95. The van der Waals surface area contributed by atoms with Gasteiger partial charge in [0.05, 0.1) is 5.37 Å². The quantitative estimate of drug-likeness (QED) is 0.821. The Hall–Kier alpha value is -2.02. The van der Waals surface area contributed by atoms with Crippen molar-refractivity contribution in [2.75, 3.05) is 5.75 Å². The predicted octanol–water partition coefficient (Wildman–Crippen LogP) is 2.03. The highest BCUT2D eigenvalue weighted by atomic mass is 32.2. The van der Waals surface area contributed by atoms with E-state index < -0.39 is 18.1 Å². The zero-order chi connectivity index (χ0) is 18.5. The molecule has 2 N–H and O–H groups in total. The summed E-state index contributed by atoms with van der Waals surface area (Å²) < 4.78 is 0. The number of carboxylic acids is 1. The van der Waals surface area contributed by atoms with E-state index in [0.29, 0.717) is 25.7 Å². The maximum atomic E-state index is 12.9. The Balaban J connectivity index is 1.62. The van der Waals surface area contributed by atoms with Gasteiger partial charge in [-0.2, -0.15) is 0 Å². The lowest BCUT2D eigenvalue weighted by molar-refractivity contribution is -0.154. The molecule has 1 aromatic carbocycles. The molecule has 3 rings (SSSR count). The summed E-state index contributed by atoms with van der Waals surface area (Å²) in [5.74, 6) is -0.637. The van der Waals surface area contributed by atoms with Gasteiger partial charge >= 0.3 is 5.97 Å². The van der Waals surface area contributed by atoms with Gasteiger partial charge in [-0.25, -0.2) is 4.79 Å². The predicted molar refractivity (Wildman–Crippen MR) is 99.7 cm³/mol. The van der Waals surface area contributed by atoms with Crippen molar-refractivity contribution in [2.45, 2.75) is 56.0 Å². The van der Waals surface area contributed by atoms with Crippen LogP contribution in [0.5, 0.6) is 0 Å². The fourth-order valence-corrected chi connectivity index (χ4v) is 4.98. The molecule has 1 aromatic rings. The minimum absolute atomic E-state index is 0.0939. The third kappa shape index (κ3) is 4.38. The number of carboxylic acid groups (broad SMARTS) is 1. The zero-order valence-electron chi connectivity index (χ0n) is 14.6. The highest BCUT2D eigenvalue weighted by molar-refractivity contribution is 7.99. The number of aryl methyl sites for hydroxylation is 1. The lowest BCUT2D eigenvalue weighted by Crippen LogP contribution is -2.57. The standard InChI is InChI=1S/C19H24N2O4S/c22-16(10-9-13-5-2-1-3-6-13)20-14-11-12-26-17-8-4-7-15(19(24)25)21(17)18(14)23/h1-3,5-6,14-15,17H,4,7-12H2,(H,20,22)(H,24,25)/t14-,15-,17?/m0/s1. The molecular weight excluding hydrogens is 352 g/mol. The van der Waals surface area contributed by atoms with Crippen LogP contribution < -0.4 is 5.32 Å². The summed E-state index contributed by atoms with van der Waals surface area (Å²) in [7, 11) is 0. The fourth-order valence-electron chi connectivity index (χ4n) is 3.59. The molecular formula is C19H24N2O4S. The van der Waals surface area contributed by atoms with Crippen molar-refractivity contribution < 1.29 is 19.5 Å². The number of benzene rings is 1. The van der Waals surface area contributed by atoms with Gasteiger partial charge < -0.3 is 15.3 Å². The van der Waals surface area contributed by atoms with Gasteiger partial charge in [-0.15, -0.1) is 11.8 Å². The number of fused-ring (bicyclic) bond motifs is 1. The molecule has 26 heavy (non-hydrogen) atoms. The molecule has 7 heteroatoms. The lowest BCUT2D eigenvalue weighted by atomic mass is 10.00. The van der Waals surface area contributed by atoms with Crippen LogP contribution in [-0.2, 0) is 20.8 Å². The van der Waals surface area contributed by atoms with E-state index in [9.17, 15) is 19.5 Å². The van der Waals surface area contributed by atoms with Crippen LogP contribution in [0.4, 0.5) is 0 Å². The van der Waals surface area contributed by atoms with Crippen molar-refractivity contribution in [3.05, 3.63) is 35.9 Å². The Morgan fingerprint density at radius 1 is 1.19 bits per heavy atom. The normalized spacial score (nSPS) is 25.9. The van der Waals surface area contributed by atoms with Crippen LogP contribution in [0.15, 0.2) is 30.3 Å². The molecule has 3 atom stereocenters. The first-order valence-corrected chi connectivity index (χ1v) is 10.1. The summed E-state index contributed by atoms with van der Waals surface area (Å²) in [5.41, 5.74) is 1.08. The maximum absolute atomic E-state index is 12.9. The van der Waals surface area contributed by atoms with Crippen LogP contribution in [0.2, 0.25) is 0 Å². The van der Waals surface area contributed by atoms with Crippen LogP contribution in [-0.4, -0.2) is 51.0 Å². The number of hydrogen-bond acceptors (Lipinski definition) is 4. The van der Waals surface area contributed by atoms with Crippen molar-refractivity contribution in [3.63, 3.8) is 0 Å². The first-order valence-electron chi connectivity index (χ1n) is 9.06. The fraction of sp³-hybridized carbons (Fsp3) is 0.526. The van der Waals surface area contributed by atoms with E-state index >= 15 is 0 Å². The van der Waals surface area contributed by atoms with E-state index in [1.165, 1.54) is 4.90 Å². The summed E-state index contributed by atoms with van der Waals surface area (Å²) in [5, 5.41) is 12.2. The Morgan fingerprint density at radius 3 is 2.69 bits per heavy atom. The first kappa shape index (κ1) is 18.8. The minimum atomic E-state index is -0.959. The molecule has 0 aromatic heterocycles. The molecule has 2 aliphatic rings. The van der Waals surface area contributed by atoms with Gasteiger partial charge in [0.1, 0.15) is 12.1 Å². The van der Waals surface area contributed by atoms with Crippen LogP contribution in [0.3, 0.4) is 0 Å². The second-order valence-corrected chi connectivity index (χ2v) is 8.04. The van der Waals surface area contributed by atoms with E-state index in [4.69, 9.17) is 0 Å². The maximum Gasteiger partial charge on any atom is 0.326 e. The van der Waals surface area contributed by atoms with Crippen LogP contribution in [0, 0.1) is 0 Å². The summed E-state index contributed by atoms with van der Waals surface area (Å²) >= 11 is 1.62. The highest BCUT2D eigenvalue weighted by Gasteiger charge is 2.42. The van der Waals surface area contributed by atoms with E-state index in [-0.39, 0.29) is 17.2 Å². The number of carbonyl (C=O) groups is 3. The Morgan fingerprint density at radius 2 is 1.96 bits per heavy atom. The van der Waals surface area contributed by atoms with Gasteiger partial charge in [0.15, 0.2) is 0 Å². The molecule has 0 aliphatic carbocycles. The second kappa shape index (κ2) is 8.58. The number of aliphatic carboxylic acids is 1. The summed E-state index contributed by atoms with van der Waals surface area (Å²) in [6.45, 7) is 0. The molecule has 2 saturated heterocycles. The van der Waals surface area contributed by atoms with Gasteiger partial charge in [-0.3, -0.25) is 9.59 Å². The van der Waals surface area contributed by atoms with E-state index in [1.54, 1.807) is 11.8 Å². The highest BCUT2D eigenvalue weighted by Crippen LogP contribution is 2.34. The summed E-state index contributed by atoms with van der Waals surface area (Å²) in [6, 6.07) is 8.32. The third-order valence-corrected chi connectivity index (χ3v) is 6.27. The number of carbonyl (C=O) groups excluding carboxylic acids is 2. The number of rotatable bonds is 5. The molecule has 0 saturated carbocycles. The Bertz CT molecular complexity index is 667. The summed E-state index contributed by atoms with van der Waals surface area (Å²) in [4.78, 5) is 38.3. The Kier molecular flexibility index (Phi) is 6.19. The zero-order valence-corrected chi connectivity index (χ0v) is 15.4. The van der Waals surface area contributed by atoms with E-state index in [1.807, 2.05) is 30.3 Å². The van der Waals surface area contributed by atoms with Gasteiger partial charge in [-0.1, -0.05) is 30.3 Å². The molecule has 2 heterocycles. The van der Waals surface area contributed by atoms with Crippen molar-refractivity contribution in [1.82, 2.24) is 10.2 Å². The molecule has 0 bridgehead atoms. The van der Waals surface area contributed by atoms with Crippen LogP contribution in [0.25, 0.3) is 0 Å². The second-order valence-electron chi connectivity index (χ2n) is 6.75. The molecule has 2 aliphatic heterocycles. The van der Waals surface area contributed by atoms with Gasteiger partial charge in [-0.05, 0) is 43.4 Å². The first-order chi connectivity index (χ1) is 12.6. The van der Waals surface area contributed by atoms with Crippen LogP contribution >= 0.6 is 11.8 Å². The molecule has 140 valence electrons.